The minimum atomic E-state index is -0.0920. The van der Waals surface area contributed by atoms with Crippen molar-refractivity contribution in [1.29, 1.82) is 0 Å². The standard InChI is InChI=1S/C17H21N3O2/c1-3-10-18-17(21)14-8-9-16(20-12-14)19-11-13-6-4-5-7-15(13)22-2/h4-9,12H,3,10-11H2,1-2H3,(H,18,21)(H,19,20). The highest BCUT2D eigenvalue weighted by molar-refractivity contribution is 5.94. The Labute approximate surface area is 130 Å². The van der Waals surface area contributed by atoms with Gasteiger partial charge in [0.2, 0.25) is 0 Å². The summed E-state index contributed by atoms with van der Waals surface area (Å²) in [6.45, 7) is 3.30. The number of anilines is 1. The lowest BCUT2D eigenvalue weighted by Crippen LogP contribution is -2.24. The van der Waals surface area contributed by atoms with Crippen molar-refractivity contribution in [3.63, 3.8) is 0 Å². The van der Waals surface area contributed by atoms with Crippen LogP contribution in [0.5, 0.6) is 5.75 Å². The number of nitrogens with zero attached hydrogens (tertiary/aromatic N) is 1. The van der Waals surface area contributed by atoms with Gasteiger partial charge in [-0.2, -0.15) is 0 Å². The van der Waals surface area contributed by atoms with Crippen LogP contribution in [0.15, 0.2) is 42.6 Å². The first kappa shape index (κ1) is 15.8. The van der Waals surface area contributed by atoms with Gasteiger partial charge < -0.3 is 15.4 Å². The molecular formula is C17H21N3O2. The minimum Gasteiger partial charge on any atom is -0.496 e. The van der Waals surface area contributed by atoms with Crippen molar-refractivity contribution in [2.24, 2.45) is 0 Å². The molecule has 0 bridgehead atoms. The Morgan fingerprint density at radius 3 is 2.73 bits per heavy atom. The van der Waals surface area contributed by atoms with Crippen LogP contribution < -0.4 is 15.4 Å². The van der Waals surface area contributed by atoms with Gasteiger partial charge in [-0.1, -0.05) is 25.1 Å². The van der Waals surface area contributed by atoms with Gasteiger partial charge in [0.1, 0.15) is 11.6 Å². The molecular weight excluding hydrogens is 278 g/mol. The highest BCUT2D eigenvalue weighted by atomic mass is 16.5. The van der Waals surface area contributed by atoms with Gasteiger partial charge in [-0.25, -0.2) is 4.98 Å². The van der Waals surface area contributed by atoms with Crippen LogP contribution in [0.25, 0.3) is 0 Å². The molecule has 5 heteroatoms. The van der Waals surface area contributed by atoms with Crippen molar-refractivity contribution in [3.8, 4) is 5.75 Å². The maximum absolute atomic E-state index is 11.8. The molecule has 2 aromatic rings. The Morgan fingerprint density at radius 1 is 1.23 bits per heavy atom. The third kappa shape index (κ3) is 4.22. The number of amides is 1. The summed E-state index contributed by atoms with van der Waals surface area (Å²) in [6, 6.07) is 11.4. The van der Waals surface area contributed by atoms with E-state index in [-0.39, 0.29) is 5.91 Å². The Bertz CT molecular complexity index is 612. The van der Waals surface area contributed by atoms with E-state index in [0.29, 0.717) is 18.7 Å². The maximum atomic E-state index is 11.8. The van der Waals surface area contributed by atoms with E-state index in [2.05, 4.69) is 15.6 Å². The summed E-state index contributed by atoms with van der Waals surface area (Å²) in [5.74, 6) is 1.47. The van der Waals surface area contributed by atoms with Crippen LogP contribution in [-0.2, 0) is 6.54 Å². The van der Waals surface area contributed by atoms with Crippen LogP contribution in [0.3, 0.4) is 0 Å². The largest absolute Gasteiger partial charge is 0.496 e. The Morgan fingerprint density at radius 2 is 2.05 bits per heavy atom. The summed E-state index contributed by atoms with van der Waals surface area (Å²) in [6.07, 6.45) is 2.49. The Balaban J connectivity index is 1.95. The summed E-state index contributed by atoms with van der Waals surface area (Å²) in [7, 11) is 1.65. The van der Waals surface area contributed by atoms with Crippen LogP contribution in [0, 0.1) is 0 Å². The average molecular weight is 299 g/mol. The normalized spacial score (nSPS) is 10.1. The van der Waals surface area contributed by atoms with E-state index in [4.69, 9.17) is 4.74 Å². The molecule has 0 atom stereocenters. The molecule has 2 rings (SSSR count). The fraction of sp³-hybridized carbons (Fsp3) is 0.294. The summed E-state index contributed by atoms with van der Waals surface area (Å²) in [4.78, 5) is 16.1. The maximum Gasteiger partial charge on any atom is 0.252 e. The van der Waals surface area contributed by atoms with Gasteiger partial charge in [-0.3, -0.25) is 4.79 Å². The van der Waals surface area contributed by atoms with Gasteiger partial charge in [0.15, 0.2) is 0 Å². The molecule has 0 radical (unpaired) electrons. The van der Waals surface area contributed by atoms with Gasteiger partial charge in [0, 0.05) is 24.8 Å². The smallest absolute Gasteiger partial charge is 0.252 e. The van der Waals surface area contributed by atoms with Crippen molar-refractivity contribution >= 4 is 11.7 Å². The number of hydrogen-bond acceptors (Lipinski definition) is 4. The van der Waals surface area contributed by atoms with Gasteiger partial charge in [0.25, 0.3) is 5.91 Å². The van der Waals surface area contributed by atoms with Crippen molar-refractivity contribution < 1.29 is 9.53 Å². The minimum absolute atomic E-state index is 0.0920. The fourth-order valence-corrected chi connectivity index (χ4v) is 2.01. The number of nitrogens with one attached hydrogen (secondary N) is 2. The lowest BCUT2D eigenvalue weighted by Gasteiger charge is -2.10. The van der Waals surface area contributed by atoms with Crippen LogP contribution in [0.1, 0.15) is 29.3 Å². The monoisotopic (exact) mass is 299 g/mol. The molecule has 0 saturated carbocycles. The van der Waals surface area contributed by atoms with Gasteiger partial charge >= 0.3 is 0 Å². The van der Waals surface area contributed by atoms with Crippen molar-refractivity contribution in [3.05, 3.63) is 53.7 Å². The number of carbonyl (C=O) groups excluding carboxylic acids is 1. The molecule has 5 nitrogen and oxygen atoms in total. The van der Waals surface area contributed by atoms with E-state index in [0.717, 1.165) is 23.6 Å². The van der Waals surface area contributed by atoms with Gasteiger partial charge in [-0.15, -0.1) is 0 Å². The predicted octanol–water partition coefficient (Wildman–Crippen LogP) is 2.84. The van der Waals surface area contributed by atoms with E-state index < -0.39 is 0 Å². The Hall–Kier alpha value is -2.56. The summed E-state index contributed by atoms with van der Waals surface area (Å²) in [5.41, 5.74) is 1.62. The van der Waals surface area contributed by atoms with Gasteiger partial charge in [-0.05, 0) is 24.6 Å². The van der Waals surface area contributed by atoms with Crippen LogP contribution in [0.2, 0.25) is 0 Å². The second-order valence-corrected chi connectivity index (χ2v) is 4.85. The first-order valence-corrected chi connectivity index (χ1v) is 7.34. The molecule has 1 heterocycles. The van der Waals surface area contributed by atoms with Crippen molar-refractivity contribution in [2.75, 3.05) is 19.0 Å². The molecule has 22 heavy (non-hydrogen) atoms. The van der Waals surface area contributed by atoms with Crippen LogP contribution in [0.4, 0.5) is 5.82 Å². The SMILES string of the molecule is CCCNC(=O)c1ccc(NCc2ccccc2OC)nc1. The highest BCUT2D eigenvalue weighted by Gasteiger charge is 2.06. The lowest BCUT2D eigenvalue weighted by atomic mass is 10.2. The van der Waals surface area contributed by atoms with E-state index in [1.165, 1.54) is 0 Å². The van der Waals surface area contributed by atoms with E-state index in [9.17, 15) is 4.79 Å². The highest BCUT2D eigenvalue weighted by Crippen LogP contribution is 2.18. The molecule has 0 unspecified atom stereocenters. The van der Waals surface area contributed by atoms with Crippen LogP contribution >= 0.6 is 0 Å². The number of ether oxygens (including phenoxy) is 1. The zero-order chi connectivity index (χ0) is 15.8. The summed E-state index contributed by atoms with van der Waals surface area (Å²) < 4.78 is 5.31. The number of pyridine rings is 1. The molecule has 1 amide bonds. The quantitative estimate of drug-likeness (QED) is 0.825. The zero-order valence-electron chi connectivity index (χ0n) is 12.9. The first-order valence-electron chi connectivity index (χ1n) is 7.34. The van der Waals surface area contributed by atoms with E-state index >= 15 is 0 Å². The zero-order valence-corrected chi connectivity index (χ0v) is 12.9. The van der Waals surface area contributed by atoms with Crippen LogP contribution in [-0.4, -0.2) is 24.5 Å². The molecule has 0 fully saturated rings. The number of methoxy groups -OCH3 is 1. The average Bonchev–Trinajstić information content (AvgIpc) is 2.58. The lowest BCUT2D eigenvalue weighted by molar-refractivity contribution is 0.0953. The number of rotatable bonds is 7. The number of benzene rings is 1. The van der Waals surface area contributed by atoms with Gasteiger partial charge in [0.05, 0.1) is 12.7 Å². The van der Waals surface area contributed by atoms with E-state index in [1.807, 2.05) is 31.2 Å². The number of hydrogen-bond donors (Lipinski definition) is 2. The third-order valence-corrected chi connectivity index (χ3v) is 3.21. The summed E-state index contributed by atoms with van der Waals surface area (Å²) in [5, 5.41) is 6.05. The second kappa shape index (κ2) is 8.02. The molecule has 1 aromatic carbocycles. The molecule has 2 N–H and O–H groups in total. The van der Waals surface area contributed by atoms with Crippen molar-refractivity contribution in [1.82, 2.24) is 10.3 Å². The molecule has 0 aliphatic heterocycles. The fourth-order valence-electron chi connectivity index (χ4n) is 2.01. The third-order valence-electron chi connectivity index (χ3n) is 3.21. The molecule has 0 saturated heterocycles. The molecule has 0 aliphatic carbocycles. The number of aromatic nitrogens is 1. The first-order chi connectivity index (χ1) is 10.7. The Kier molecular flexibility index (Phi) is 5.77. The second-order valence-electron chi connectivity index (χ2n) is 4.85. The predicted molar refractivity (Wildman–Crippen MR) is 87.2 cm³/mol. The van der Waals surface area contributed by atoms with Crippen molar-refractivity contribution in [2.45, 2.75) is 19.9 Å². The summed E-state index contributed by atoms with van der Waals surface area (Å²) >= 11 is 0. The molecule has 0 spiro atoms. The molecule has 1 aromatic heterocycles. The topological polar surface area (TPSA) is 63.2 Å². The van der Waals surface area contributed by atoms with E-state index in [1.54, 1.807) is 25.4 Å². The number of para-hydroxylation sites is 1. The molecule has 116 valence electrons. The molecule has 0 aliphatic rings. The number of carbonyl (C=O) groups is 1.